The molecular formula is C15H31NO. The average Bonchev–Trinajstić information content (AvgIpc) is 2.38. The van der Waals surface area contributed by atoms with Gasteiger partial charge in [-0.25, -0.2) is 0 Å². The third-order valence-electron chi connectivity index (χ3n) is 4.02. The second kappa shape index (κ2) is 9.90. The van der Waals surface area contributed by atoms with Gasteiger partial charge in [-0.05, 0) is 45.2 Å². The molecule has 2 nitrogen and oxygen atoms in total. The molecule has 1 fully saturated rings. The van der Waals surface area contributed by atoms with Crippen LogP contribution in [0, 0.1) is 5.92 Å². The maximum atomic E-state index is 6.08. The van der Waals surface area contributed by atoms with E-state index in [-0.39, 0.29) is 0 Å². The number of ether oxygens (including phenoxy) is 1. The van der Waals surface area contributed by atoms with Crippen LogP contribution in [0.1, 0.15) is 64.7 Å². The lowest BCUT2D eigenvalue weighted by atomic mass is 9.85. The molecule has 102 valence electrons. The number of hydrogen-bond acceptors (Lipinski definition) is 2. The van der Waals surface area contributed by atoms with Gasteiger partial charge in [0.25, 0.3) is 0 Å². The molecule has 0 saturated heterocycles. The second-order valence-corrected chi connectivity index (χ2v) is 5.38. The van der Waals surface area contributed by atoms with E-state index in [2.05, 4.69) is 12.2 Å². The summed E-state index contributed by atoms with van der Waals surface area (Å²) in [5, 5.41) is 3.19. The fourth-order valence-electron chi connectivity index (χ4n) is 2.85. The van der Waals surface area contributed by atoms with E-state index in [1.165, 1.54) is 57.8 Å². The van der Waals surface area contributed by atoms with Crippen molar-refractivity contribution in [3.8, 4) is 0 Å². The van der Waals surface area contributed by atoms with Gasteiger partial charge in [0.1, 0.15) is 0 Å². The molecule has 2 unspecified atom stereocenters. The average molecular weight is 241 g/mol. The van der Waals surface area contributed by atoms with Crippen LogP contribution in [0.15, 0.2) is 0 Å². The Morgan fingerprint density at radius 1 is 1.06 bits per heavy atom. The molecule has 0 aromatic heterocycles. The van der Waals surface area contributed by atoms with Crippen LogP contribution < -0.4 is 5.32 Å². The van der Waals surface area contributed by atoms with Crippen molar-refractivity contribution < 1.29 is 4.74 Å². The van der Waals surface area contributed by atoms with Crippen molar-refractivity contribution in [3.05, 3.63) is 0 Å². The zero-order valence-electron chi connectivity index (χ0n) is 11.8. The predicted molar refractivity (Wildman–Crippen MR) is 74.4 cm³/mol. The van der Waals surface area contributed by atoms with Gasteiger partial charge in [0, 0.05) is 6.61 Å². The van der Waals surface area contributed by atoms with E-state index in [1.807, 2.05) is 7.05 Å². The van der Waals surface area contributed by atoms with Crippen LogP contribution >= 0.6 is 0 Å². The van der Waals surface area contributed by atoms with E-state index in [1.54, 1.807) is 0 Å². The van der Waals surface area contributed by atoms with E-state index < -0.39 is 0 Å². The summed E-state index contributed by atoms with van der Waals surface area (Å²) in [7, 11) is 2.02. The van der Waals surface area contributed by atoms with Crippen molar-refractivity contribution in [2.75, 3.05) is 20.2 Å². The van der Waals surface area contributed by atoms with E-state index >= 15 is 0 Å². The Morgan fingerprint density at radius 2 is 1.82 bits per heavy atom. The maximum absolute atomic E-state index is 6.08. The Bertz CT molecular complexity index is 172. The van der Waals surface area contributed by atoms with Crippen LogP contribution in [0.4, 0.5) is 0 Å². The minimum Gasteiger partial charge on any atom is -0.378 e. The molecule has 17 heavy (non-hydrogen) atoms. The second-order valence-electron chi connectivity index (χ2n) is 5.38. The molecule has 1 aliphatic rings. The van der Waals surface area contributed by atoms with Crippen molar-refractivity contribution in [2.24, 2.45) is 5.92 Å². The predicted octanol–water partition coefficient (Wildman–Crippen LogP) is 3.75. The fourth-order valence-corrected chi connectivity index (χ4v) is 2.85. The molecule has 0 aliphatic heterocycles. The maximum Gasteiger partial charge on any atom is 0.0603 e. The molecule has 1 N–H and O–H groups in total. The minimum absolute atomic E-state index is 0.575. The van der Waals surface area contributed by atoms with Crippen molar-refractivity contribution in [3.63, 3.8) is 0 Å². The monoisotopic (exact) mass is 241 g/mol. The van der Waals surface area contributed by atoms with Gasteiger partial charge < -0.3 is 10.1 Å². The lowest BCUT2D eigenvalue weighted by Crippen LogP contribution is -2.27. The summed E-state index contributed by atoms with van der Waals surface area (Å²) in [6.45, 7) is 4.45. The summed E-state index contributed by atoms with van der Waals surface area (Å²) >= 11 is 0. The summed E-state index contributed by atoms with van der Waals surface area (Å²) < 4.78 is 6.08. The number of rotatable bonds is 9. The molecule has 0 aromatic carbocycles. The first kappa shape index (κ1) is 15.0. The Balaban J connectivity index is 1.97. The number of unbranched alkanes of at least 4 members (excludes halogenated alkanes) is 3. The molecule has 0 aromatic rings. The van der Waals surface area contributed by atoms with Crippen molar-refractivity contribution in [1.29, 1.82) is 0 Å². The molecule has 0 spiro atoms. The zero-order chi connectivity index (χ0) is 12.3. The van der Waals surface area contributed by atoms with Crippen LogP contribution in [0.25, 0.3) is 0 Å². The molecular weight excluding hydrogens is 210 g/mol. The van der Waals surface area contributed by atoms with Crippen LogP contribution in [-0.2, 0) is 4.74 Å². The summed E-state index contributed by atoms with van der Waals surface area (Å²) in [6.07, 6.45) is 12.6. The van der Waals surface area contributed by atoms with E-state index in [0.29, 0.717) is 6.10 Å². The SMILES string of the molecule is CCC1CCCCC1OCCCCCCNC. The Hall–Kier alpha value is -0.0800. The summed E-state index contributed by atoms with van der Waals surface area (Å²) in [5.41, 5.74) is 0. The van der Waals surface area contributed by atoms with Gasteiger partial charge in [-0.2, -0.15) is 0 Å². The fraction of sp³-hybridized carbons (Fsp3) is 1.00. The quantitative estimate of drug-likeness (QED) is 0.621. The molecule has 2 heteroatoms. The molecule has 0 radical (unpaired) electrons. The van der Waals surface area contributed by atoms with Crippen LogP contribution in [-0.4, -0.2) is 26.3 Å². The zero-order valence-corrected chi connectivity index (χ0v) is 11.8. The largest absolute Gasteiger partial charge is 0.378 e. The van der Waals surface area contributed by atoms with Gasteiger partial charge in [0.2, 0.25) is 0 Å². The Kier molecular flexibility index (Phi) is 8.72. The molecule has 1 aliphatic carbocycles. The smallest absolute Gasteiger partial charge is 0.0603 e. The van der Waals surface area contributed by atoms with Crippen molar-refractivity contribution in [2.45, 2.75) is 70.8 Å². The summed E-state index contributed by atoms with van der Waals surface area (Å²) in [6, 6.07) is 0. The Labute approximate surface area is 108 Å². The topological polar surface area (TPSA) is 21.3 Å². The van der Waals surface area contributed by atoms with Gasteiger partial charge in [-0.15, -0.1) is 0 Å². The highest BCUT2D eigenvalue weighted by atomic mass is 16.5. The van der Waals surface area contributed by atoms with E-state index in [9.17, 15) is 0 Å². The van der Waals surface area contributed by atoms with Gasteiger partial charge in [0.15, 0.2) is 0 Å². The highest BCUT2D eigenvalue weighted by molar-refractivity contribution is 4.74. The highest BCUT2D eigenvalue weighted by Crippen LogP contribution is 2.29. The molecule has 1 saturated carbocycles. The molecule has 0 bridgehead atoms. The first-order chi connectivity index (χ1) is 8.38. The number of hydrogen-bond donors (Lipinski definition) is 1. The lowest BCUT2D eigenvalue weighted by Gasteiger charge is -2.30. The first-order valence-corrected chi connectivity index (χ1v) is 7.64. The van der Waals surface area contributed by atoms with Gasteiger partial charge in [0.05, 0.1) is 6.10 Å². The van der Waals surface area contributed by atoms with Gasteiger partial charge >= 0.3 is 0 Å². The standard InChI is InChI=1S/C15H31NO/c1-3-14-10-6-7-11-15(14)17-13-9-5-4-8-12-16-2/h14-16H,3-13H2,1-2H3. The molecule has 1 rings (SSSR count). The Morgan fingerprint density at radius 3 is 2.59 bits per heavy atom. The number of nitrogens with one attached hydrogen (secondary N) is 1. The van der Waals surface area contributed by atoms with E-state index in [4.69, 9.17) is 4.74 Å². The summed E-state index contributed by atoms with van der Waals surface area (Å²) in [4.78, 5) is 0. The third kappa shape index (κ3) is 6.42. The van der Waals surface area contributed by atoms with E-state index in [0.717, 1.165) is 19.1 Å². The molecule has 0 heterocycles. The minimum atomic E-state index is 0.575. The van der Waals surface area contributed by atoms with Crippen LogP contribution in [0.5, 0.6) is 0 Å². The first-order valence-electron chi connectivity index (χ1n) is 7.64. The van der Waals surface area contributed by atoms with Crippen LogP contribution in [0.2, 0.25) is 0 Å². The van der Waals surface area contributed by atoms with Crippen molar-refractivity contribution in [1.82, 2.24) is 5.32 Å². The normalized spacial score (nSPS) is 25.1. The van der Waals surface area contributed by atoms with Crippen molar-refractivity contribution >= 4 is 0 Å². The van der Waals surface area contributed by atoms with Crippen LogP contribution in [0.3, 0.4) is 0 Å². The van der Waals surface area contributed by atoms with Gasteiger partial charge in [-0.3, -0.25) is 0 Å². The van der Waals surface area contributed by atoms with Gasteiger partial charge in [-0.1, -0.05) is 39.0 Å². The third-order valence-corrected chi connectivity index (χ3v) is 4.02. The highest BCUT2D eigenvalue weighted by Gasteiger charge is 2.23. The molecule has 2 atom stereocenters. The summed E-state index contributed by atoms with van der Waals surface area (Å²) in [5.74, 6) is 0.841. The molecule has 0 amide bonds. The lowest BCUT2D eigenvalue weighted by molar-refractivity contribution is -0.0135.